The largest absolute Gasteiger partial charge is 0.385 e. The zero-order valence-corrected chi connectivity index (χ0v) is 12.8. The van der Waals surface area contributed by atoms with E-state index in [1.165, 1.54) is 25.7 Å². The van der Waals surface area contributed by atoms with E-state index in [2.05, 4.69) is 5.32 Å². The molecule has 1 fully saturated rings. The van der Waals surface area contributed by atoms with Crippen molar-refractivity contribution < 1.29 is 14.3 Å². The van der Waals surface area contributed by atoms with Crippen molar-refractivity contribution in [3.8, 4) is 0 Å². The molecule has 0 aromatic heterocycles. The Hall–Kier alpha value is -1.39. The smallest absolute Gasteiger partial charge is 0.224 e. The fourth-order valence-electron chi connectivity index (χ4n) is 2.55. The van der Waals surface area contributed by atoms with Gasteiger partial charge in [0.2, 0.25) is 5.91 Å². The maximum Gasteiger partial charge on any atom is 0.224 e. The molecule has 4 nitrogen and oxygen atoms in total. The third-order valence-corrected chi connectivity index (χ3v) is 3.78. The van der Waals surface area contributed by atoms with E-state index in [0.717, 1.165) is 17.7 Å². The minimum Gasteiger partial charge on any atom is -0.385 e. The molecular weight excluding hydrogens is 266 g/mol. The first-order valence-electron chi connectivity index (χ1n) is 7.77. The molecule has 1 aliphatic rings. The molecule has 0 unspecified atom stereocenters. The third kappa shape index (κ3) is 5.86. The van der Waals surface area contributed by atoms with Crippen LogP contribution in [-0.2, 0) is 20.9 Å². The molecule has 0 aliphatic heterocycles. The topological polar surface area (TPSA) is 47.6 Å². The summed E-state index contributed by atoms with van der Waals surface area (Å²) < 4.78 is 10.8. The first kappa shape index (κ1) is 16.0. The number of rotatable bonds is 8. The number of ether oxygens (including phenoxy) is 2. The Bertz CT molecular complexity index is 424. The normalized spacial score (nSPS) is 15.3. The lowest BCUT2D eigenvalue weighted by atomic mass is 10.2. The highest BCUT2D eigenvalue weighted by atomic mass is 16.5. The second kappa shape index (κ2) is 8.80. The number of carbonyl (C=O) groups is 1. The van der Waals surface area contributed by atoms with Crippen molar-refractivity contribution in [3.05, 3.63) is 29.8 Å². The van der Waals surface area contributed by atoms with Crippen LogP contribution in [0, 0.1) is 0 Å². The van der Waals surface area contributed by atoms with E-state index in [0.29, 0.717) is 25.7 Å². The Labute approximate surface area is 126 Å². The van der Waals surface area contributed by atoms with Crippen molar-refractivity contribution in [1.82, 2.24) is 0 Å². The zero-order chi connectivity index (χ0) is 14.9. The number of nitrogens with one attached hydrogen (secondary N) is 1. The molecule has 1 N–H and O–H groups in total. The van der Waals surface area contributed by atoms with Crippen LogP contribution in [0.2, 0.25) is 0 Å². The van der Waals surface area contributed by atoms with E-state index in [9.17, 15) is 4.79 Å². The summed E-state index contributed by atoms with van der Waals surface area (Å²) in [5.41, 5.74) is 1.99. The summed E-state index contributed by atoms with van der Waals surface area (Å²) in [4.78, 5) is 11.7. The molecule has 116 valence electrons. The third-order valence-electron chi connectivity index (χ3n) is 3.78. The Balaban J connectivity index is 1.71. The monoisotopic (exact) mass is 291 g/mol. The van der Waals surface area contributed by atoms with Crippen molar-refractivity contribution in [2.75, 3.05) is 19.0 Å². The SMILES string of the molecule is COCCCC(=O)Nc1ccc(COC2CCCC2)cc1. The van der Waals surface area contributed by atoms with Crippen LogP contribution in [0.25, 0.3) is 0 Å². The standard InChI is InChI=1S/C17H25NO3/c1-20-12-4-7-17(19)18-15-10-8-14(9-11-15)13-21-16-5-2-3-6-16/h8-11,16H,2-7,12-13H2,1H3,(H,18,19). The number of hydrogen-bond acceptors (Lipinski definition) is 3. The van der Waals surface area contributed by atoms with E-state index >= 15 is 0 Å². The van der Waals surface area contributed by atoms with Crippen LogP contribution in [0.1, 0.15) is 44.1 Å². The van der Waals surface area contributed by atoms with E-state index in [1.54, 1.807) is 7.11 Å². The Morgan fingerprint density at radius 3 is 2.62 bits per heavy atom. The van der Waals surface area contributed by atoms with Gasteiger partial charge in [0, 0.05) is 25.8 Å². The molecule has 1 amide bonds. The molecule has 1 aromatic carbocycles. The molecule has 0 heterocycles. The van der Waals surface area contributed by atoms with Crippen LogP contribution in [0.3, 0.4) is 0 Å². The number of methoxy groups -OCH3 is 1. The van der Waals surface area contributed by atoms with Gasteiger partial charge in [-0.3, -0.25) is 4.79 Å². The van der Waals surface area contributed by atoms with Crippen molar-refractivity contribution in [2.45, 2.75) is 51.2 Å². The van der Waals surface area contributed by atoms with Gasteiger partial charge in [0.25, 0.3) is 0 Å². The lowest BCUT2D eigenvalue weighted by molar-refractivity contribution is -0.116. The first-order valence-corrected chi connectivity index (χ1v) is 7.77. The number of benzene rings is 1. The number of amides is 1. The van der Waals surface area contributed by atoms with Crippen molar-refractivity contribution in [3.63, 3.8) is 0 Å². The molecule has 0 atom stereocenters. The summed E-state index contributed by atoms with van der Waals surface area (Å²) >= 11 is 0. The van der Waals surface area contributed by atoms with Crippen molar-refractivity contribution >= 4 is 11.6 Å². The van der Waals surface area contributed by atoms with Gasteiger partial charge in [-0.1, -0.05) is 25.0 Å². The van der Waals surface area contributed by atoms with E-state index in [1.807, 2.05) is 24.3 Å². The van der Waals surface area contributed by atoms with Crippen LogP contribution >= 0.6 is 0 Å². The highest BCUT2D eigenvalue weighted by Crippen LogP contribution is 2.22. The summed E-state index contributed by atoms with van der Waals surface area (Å²) in [5.74, 6) is 0.0296. The molecule has 1 aliphatic carbocycles. The average molecular weight is 291 g/mol. The van der Waals surface area contributed by atoms with Gasteiger partial charge in [-0.2, -0.15) is 0 Å². The molecule has 2 rings (SSSR count). The Morgan fingerprint density at radius 1 is 1.24 bits per heavy atom. The number of carbonyl (C=O) groups excluding carboxylic acids is 1. The van der Waals surface area contributed by atoms with Crippen LogP contribution in [0.15, 0.2) is 24.3 Å². The molecule has 1 saturated carbocycles. The van der Waals surface area contributed by atoms with Gasteiger partial charge >= 0.3 is 0 Å². The van der Waals surface area contributed by atoms with Gasteiger partial charge in [-0.05, 0) is 37.0 Å². The molecule has 4 heteroatoms. The van der Waals surface area contributed by atoms with Crippen LogP contribution in [0.4, 0.5) is 5.69 Å². The minimum atomic E-state index is 0.0296. The summed E-state index contributed by atoms with van der Waals surface area (Å²) in [5, 5.41) is 2.89. The maximum atomic E-state index is 11.7. The average Bonchev–Trinajstić information content (AvgIpc) is 3.00. The van der Waals surface area contributed by atoms with Crippen LogP contribution in [0.5, 0.6) is 0 Å². The number of anilines is 1. The predicted molar refractivity (Wildman–Crippen MR) is 83.2 cm³/mol. The molecule has 0 bridgehead atoms. The quantitative estimate of drug-likeness (QED) is 0.746. The van der Waals surface area contributed by atoms with Crippen molar-refractivity contribution in [2.24, 2.45) is 0 Å². The number of hydrogen-bond donors (Lipinski definition) is 1. The minimum absolute atomic E-state index is 0.0296. The second-order valence-corrected chi connectivity index (χ2v) is 5.56. The molecule has 0 saturated heterocycles. The lowest BCUT2D eigenvalue weighted by Gasteiger charge is -2.11. The van der Waals surface area contributed by atoms with Crippen molar-refractivity contribution in [1.29, 1.82) is 0 Å². The summed E-state index contributed by atoms with van der Waals surface area (Å²) in [7, 11) is 1.64. The van der Waals surface area contributed by atoms with Gasteiger partial charge in [-0.25, -0.2) is 0 Å². The van der Waals surface area contributed by atoms with E-state index in [-0.39, 0.29) is 5.91 Å². The van der Waals surface area contributed by atoms with Crippen LogP contribution in [-0.4, -0.2) is 25.7 Å². The fourth-order valence-corrected chi connectivity index (χ4v) is 2.55. The Kier molecular flexibility index (Phi) is 6.70. The fraction of sp³-hybridized carbons (Fsp3) is 0.588. The summed E-state index contributed by atoms with van der Waals surface area (Å²) in [6.45, 7) is 1.28. The van der Waals surface area contributed by atoms with Gasteiger partial charge < -0.3 is 14.8 Å². The summed E-state index contributed by atoms with van der Waals surface area (Å²) in [6.07, 6.45) is 6.63. The van der Waals surface area contributed by atoms with Gasteiger partial charge in [-0.15, -0.1) is 0 Å². The van der Waals surface area contributed by atoms with Gasteiger partial charge in [0.05, 0.1) is 12.7 Å². The highest BCUT2D eigenvalue weighted by Gasteiger charge is 2.15. The zero-order valence-electron chi connectivity index (χ0n) is 12.8. The molecular formula is C17H25NO3. The molecule has 1 aromatic rings. The second-order valence-electron chi connectivity index (χ2n) is 5.56. The highest BCUT2D eigenvalue weighted by molar-refractivity contribution is 5.90. The predicted octanol–water partition coefficient (Wildman–Crippen LogP) is 3.51. The Morgan fingerprint density at radius 2 is 1.95 bits per heavy atom. The first-order chi connectivity index (χ1) is 10.3. The maximum absolute atomic E-state index is 11.7. The van der Waals surface area contributed by atoms with E-state index in [4.69, 9.17) is 9.47 Å². The summed E-state index contributed by atoms with van der Waals surface area (Å²) in [6, 6.07) is 7.89. The van der Waals surface area contributed by atoms with Gasteiger partial charge in [0.1, 0.15) is 0 Å². The lowest BCUT2D eigenvalue weighted by Crippen LogP contribution is -2.12. The van der Waals surface area contributed by atoms with Crippen LogP contribution < -0.4 is 5.32 Å². The molecule has 21 heavy (non-hydrogen) atoms. The molecule has 0 radical (unpaired) electrons. The van der Waals surface area contributed by atoms with E-state index < -0.39 is 0 Å². The molecule has 0 spiro atoms. The van der Waals surface area contributed by atoms with Gasteiger partial charge in [0.15, 0.2) is 0 Å².